The molecular weight excluding hydrogens is 625 g/mol. The molecule has 11 aromatic rings. The monoisotopic (exact) mass is 656 g/mol. The Morgan fingerprint density at radius 2 is 0.692 bits per heavy atom. The summed E-state index contributed by atoms with van der Waals surface area (Å²) in [5.74, 6) is 0. The van der Waals surface area contributed by atoms with Gasteiger partial charge in [0.2, 0.25) is 0 Å². The Balaban J connectivity index is 0.937. The number of hydrogen-bond acceptors (Lipinski definition) is 0. The molecule has 0 heterocycles. The summed E-state index contributed by atoms with van der Waals surface area (Å²) in [4.78, 5) is 0. The quantitative estimate of drug-likeness (QED) is 0.165. The van der Waals surface area contributed by atoms with Crippen molar-refractivity contribution in [3.63, 3.8) is 0 Å². The minimum Gasteiger partial charge on any atom is -0.0616 e. The van der Waals surface area contributed by atoms with Gasteiger partial charge in [-0.05, 0) is 121 Å². The number of hydrogen-bond donors (Lipinski definition) is 0. The summed E-state index contributed by atoms with van der Waals surface area (Å²) in [5, 5.41) is 15.7. The van der Waals surface area contributed by atoms with Crippen LogP contribution in [-0.2, 0) is 0 Å². The Labute approximate surface area is 302 Å². The minimum atomic E-state index is 1.21. The van der Waals surface area contributed by atoms with E-state index >= 15 is 0 Å². The average Bonchev–Trinajstić information content (AvgIpc) is 3.22. The van der Waals surface area contributed by atoms with E-state index in [1.165, 1.54) is 109 Å². The smallest absolute Gasteiger partial charge is 0.00206 e. The van der Waals surface area contributed by atoms with Crippen molar-refractivity contribution in [2.45, 2.75) is 0 Å². The molecule has 0 unspecified atom stereocenters. The van der Waals surface area contributed by atoms with E-state index in [2.05, 4.69) is 194 Å². The van der Waals surface area contributed by atoms with E-state index in [0.717, 1.165) is 0 Å². The molecule has 0 aliphatic rings. The third kappa shape index (κ3) is 4.48. The zero-order chi connectivity index (χ0) is 34.2. The predicted octanol–water partition coefficient (Wildman–Crippen LogP) is 14.7. The molecule has 0 aliphatic carbocycles. The van der Waals surface area contributed by atoms with E-state index in [4.69, 9.17) is 0 Å². The second kappa shape index (κ2) is 11.4. The first-order valence-electron chi connectivity index (χ1n) is 18.1. The lowest BCUT2D eigenvalue weighted by Crippen LogP contribution is -1.88. The molecule has 52 heavy (non-hydrogen) atoms. The fourth-order valence-corrected chi connectivity index (χ4v) is 8.65. The highest BCUT2D eigenvalue weighted by atomic mass is 14.2. The van der Waals surface area contributed by atoms with Crippen LogP contribution in [-0.4, -0.2) is 0 Å². The van der Waals surface area contributed by atoms with Crippen molar-refractivity contribution in [2.75, 3.05) is 0 Å². The maximum Gasteiger partial charge on any atom is -0.00206 e. The van der Waals surface area contributed by atoms with E-state index in [1.54, 1.807) is 0 Å². The molecule has 0 saturated heterocycles. The van der Waals surface area contributed by atoms with Crippen LogP contribution in [0.5, 0.6) is 0 Å². The van der Waals surface area contributed by atoms with Crippen LogP contribution in [0.2, 0.25) is 0 Å². The molecule has 0 N–H and O–H groups in total. The van der Waals surface area contributed by atoms with Gasteiger partial charge in [-0.2, -0.15) is 0 Å². The zero-order valence-corrected chi connectivity index (χ0v) is 28.5. The first-order valence-corrected chi connectivity index (χ1v) is 18.1. The Hall–Kier alpha value is -6.76. The van der Waals surface area contributed by atoms with Gasteiger partial charge >= 0.3 is 0 Å². The Kier molecular flexibility index (Phi) is 6.35. The van der Waals surface area contributed by atoms with Gasteiger partial charge < -0.3 is 0 Å². The predicted molar refractivity (Wildman–Crippen MR) is 224 cm³/mol. The maximum atomic E-state index is 2.40. The molecule has 0 aliphatic heterocycles. The van der Waals surface area contributed by atoms with Gasteiger partial charge in [-0.15, -0.1) is 0 Å². The second-order valence-corrected chi connectivity index (χ2v) is 14.1. The normalized spacial score (nSPS) is 11.8. The maximum absolute atomic E-state index is 2.40. The first-order chi connectivity index (χ1) is 25.8. The van der Waals surface area contributed by atoms with E-state index in [1.807, 2.05) is 0 Å². The zero-order valence-electron chi connectivity index (χ0n) is 28.5. The van der Waals surface area contributed by atoms with Gasteiger partial charge in [0.15, 0.2) is 0 Å². The molecule has 0 atom stereocenters. The average molecular weight is 657 g/mol. The highest BCUT2D eigenvalue weighted by molar-refractivity contribution is 6.25. The molecule has 0 nitrogen and oxygen atoms in total. The third-order valence-corrected chi connectivity index (χ3v) is 11.2. The Morgan fingerprint density at radius 1 is 0.192 bits per heavy atom. The molecule has 0 amide bonds. The van der Waals surface area contributed by atoms with Crippen molar-refractivity contribution in [1.82, 2.24) is 0 Å². The highest BCUT2D eigenvalue weighted by Crippen LogP contribution is 2.41. The van der Waals surface area contributed by atoms with E-state index in [9.17, 15) is 0 Å². The van der Waals surface area contributed by atoms with Crippen molar-refractivity contribution >= 4 is 64.6 Å². The van der Waals surface area contributed by atoms with Crippen LogP contribution < -0.4 is 0 Å². The van der Waals surface area contributed by atoms with Crippen LogP contribution in [0.3, 0.4) is 0 Å². The molecule has 0 bridgehead atoms. The fourth-order valence-electron chi connectivity index (χ4n) is 8.65. The number of benzene rings is 11. The van der Waals surface area contributed by atoms with Crippen molar-refractivity contribution < 1.29 is 0 Å². The fraction of sp³-hybridized carbons (Fsp3) is 0. The lowest BCUT2D eigenvalue weighted by Gasteiger charge is -2.14. The van der Waals surface area contributed by atoms with Gasteiger partial charge in [-0.1, -0.05) is 182 Å². The van der Waals surface area contributed by atoms with E-state index in [0.29, 0.717) is 0 Å². The van der Waals surface area contributed by atoms with Crippen LogP contribution in [0.15, 0.2) is 194 Å². The lowest BCUT2D eigenvalue weighted by atomic mass is 9.89. The molecule has 0 radical (unpaired) electrons. The number of rotatable bonds is 4. The molecule has 240 valence electrons. The molecule has 11 aromatic carbocycles. The standard InChI is InChI=1S/C52H32/c1-2-12-43-36(7-1)25-29-47-45-13-3-4-14-46(45)49(32-50(43)47)42-11-6-10-41(31-42)35-17-15-33(16-18-35)34-19-21-37(22-20-34)44-28-26-40-24-23-38-8-5-9-39-27-30-48(44)52(40)51(38)39/h1-32H. The highest BCUT2D eigenvalue weighted by Gasteiger charge is 2.14. The Bertz CT molecular complexity index is 3130. The lowest BCUT2D eigenvalue weighted by molar-refractivity contribution is 1.58. The largest absolute Gasteiger partial charge is 0.0616 e. The van der Waals surface area contributed by atoms with E-state index in [-0.39, 0.29) is 0 Å². The van der Waals surface area contributed by atoms with Gasteiger partial charge in [-0.25, -0.2) is 0 Å². The minimum absolute atomic E-state index is 1.21. The molecular formula is C52H32. The summed E-state index contributed by atoms with van der Waals surface area (Å²) < 4.78 is 0. The molecule has 11 rings (SSSR count). The Morgan fingerprint density at radius 3 is 1.46 bits per heavy atom. The van der Waals surface area contributed by atoms with Crippen LogP contribution >= 0.6 is 0 Å². The summed E-state index contributed by atoms with van der Waals surface area (Å²) >= 11 is 0. The van der Waals surface area contributed by atoms with Gasteiger partial charge in [0.05, 0.1) is 0 Å². The van der Waals surface area contributed by atoms with Crippen LogP contribution in [0, 0.1) is 0 Å². The van der Waals surface area contributed by atoms with E-state index < -0.39 is 0 Å². The van der Waals surface area contributed by atoms with Crippen molar-refractivity contribution in [2.24, 2.45) is 0 Å². The summed E-state index contributed by atoms with van der Waals surface area (Å²) in [6.07, 6.45) is 0. The summed E-state index contributed by atoms with van der Waals surface area (Å²) in [7, 11) is 0. The third-order valence-electron chi connectivity index (χ3n) is 11.2. The van der Waals surface area contributed by atoms with Crippen molar-refractivity contribution in [3.05, 3.63) is 194 Å². The topological polar surface area (TPSA) is 0 Å². The number of fused-ring (bicyclic) bond motifs is 5. The molecule has 0 saturated carbocycles. The van der Waals surface area contributed by atoms with Gasteiger partial charge in [0.25, 0.3) is 0 Å². The molecule has 0 fully saturated rings. The molecule has 0 aromatic heterocycles. The first kappa shape index (κ1) is 29.0. The van der Waals surface area contributed by atoms with Gasteiger partial charge in [0.1, 0.15) is 0 Å². The van der Waals surface area contributed by atoms with Gasteiger partial charge in [-0.3, -0.25) is 0 Å². The summed E-state index contributed by atoms with van der Waals surface area (Å²) in [6, 6.07) is 71.8. The van der Waals surface area contributed by atoms with Gasteiger partial charge in [0, 0.05) is 0 Å². The van der Waals surface area contributed by atoms with Crippen LogP contribution in [0.1, 0.15) is 0 Å². The summed E-state index contributed by atoms with van der Waals surface area (Å²) in [6.45, 7) is 0. The van der Waals surface area contributed by atoms with Crippen molar-refractivity contribution in [1.29, 1.82) is 0 Å². The second-order valence-electron chi connectivity index (χ2n) is 14.1. The van der Waals surface area contributed by atoms with Crippen LogP contribution in [0.25, 0.3) is 109 Å². The SMILES string of the molecule is c1cc(-c2ccc(-c3ccc(-c4ccc5ccc6cccc7ccc4c5c67)cc3)cc2)cc(-c2cc3c4ccccc4ccc3c3ccccc23)c1. The summed E-state index contributed by atoms with van der Waals surface area (Å²) in [5.41, 5.74) is 9.88. The molecule has 0 heteroatoms. The van der Waals surface area contributed by atoms with Crippen molar-refractivity contribution in [3.8, 4) is 44.5 Å². The van der Waals surface area contributed by atoms with Crippen LogP contribution in [0.4, 0.5) is 0 Å². The molecule has 0 spiro atoms.